The number of benzene rings is 2. The van der Waals surface area contributed by atoms with Crippen LogP contribution in [0.4, 0.5) is 0 Å². The van der Waals surface area contributed by atoms with E-state index in [-0.39, 0.29) is 18.3 Å². The van der Waals surface area contributed by atoms with Crippen LogP contribution in [0, 0.1) is 0 Å². The van der Waals surface area contributed by atoms with Gasteiger partial charge in [-0.2, -0.15) is 5.10 Å². The second-order valence-electron chi connectivity index (χ2n) is 8.77. The summed E-state index contributed by atoms with van der Waals surface area (Å²) >= 11 is 0. The second-order valence-corrected chi connectivity index (χ2v) is 8.77. The fourth-order valence-electron chi connectivity index (χ4n) is 4.03. The molecule has 0 aliphatic heterocycles. The molecule has 0 aliphatic carbocycles. The molecule has 0 aliphatic rings. The summed E-state index contributed by atoms with van der Waals surface area (Å²) in [7, 11) is 0. The zero-order chi connectivity index (χ0) is 24.8. The van der Waals surface area contributed by atoms with Crippen LogP contribution in [0.1, 0.15) is 55.7 Å². The first kappa shape index (κ1) is 24.2. The normalized spacial score (nSPS) is 12.0. The predicted molar refractivity (Wildman–Crippen MR) is 137 cm³/mol. The van der Waals surface area contributed by atoms with E-state index in [9.17, 15) is 4.79 Å². The first-order valence-corrected chi connectivity index (χ1v) is 11.9. The monoisotopic (exact) mass is 469 g/mol. The van der Waals surface area contributed by atoms with Gasteiger partial charge in [0.15, 0.2) is 5.65 Å². The third-order valence-electron chi connectivity index (χ3n) is 6.04. The maximum atomic E-state index is 11.9. The van der Waals surface area contributed by atoms with E-state index in [0.29, 0.717) is 19.1 Å². The van der Waals surface area contributed by atoms with E-state index >= 15 is 0 Å². The van der Waals surface area contributed by atoms with Gasteiger partial charge in [-0.15, -0.1) is 6.58 Å². The van der Waals surface area contributed by atoms with Crippen molar-refractivity contribution in [1.82, 2.24) is 14.6 Å². The summed E-state index contributed by atoms with van der Waals surface area (Å²) in [6.45, 7) is 10.8. The highest BCUT2D eigenvalue weighted by atomic mass is 16.5. The Balaban J connectivity index is 1.50. The Kier molecular flexibility index (Phi) is 7.60. The maximum absolute atomic E-state index is 11.9. The summed E-state index contributed by atoms with van der Waals surface area (Å²) in [4.78, 5) is 16.3. The first-order valence-electron chi connectivity index (χ1n) is 11.9. The molecule has 6 heteroatoms. The van der Waals surface area contributed by atoms with Gasteiger partial charge in [0.2, 0.25) is 0 Å². The fraction of sp³-hybridized carbons (Fsp3) is 0.276. The number of carbonyl (C=O) groups is 1. The van der Waals surface area contributed by atoms with Crippen molar-refractivity contribution in [2.45, 2.75) is 45.6 Å². The number of ether oxygens (including phenoxy) is 2. The molecule has 0 unspecified atom stereocenters. The number of hydrogen-bond donors (Lipinski definition) is 0. The molecule has 0 N–H and O–H groups in total. The molecule has 35 heavy (non-hydrogen) atoms. The van der Waals surface area contributed by atoms with Crippen molar-refractivity contribution in [1.29, 1.82) is 0 Å². The quantitative estimate of drug-likeness (QED) is 0.201. The van der Waals surface area contributed by atoms with Crippen molar-refractivity contribution in [2.75, 3.05) is 6.61 Å². The number of rotatable bonds is 10. The van der Waals surface area contributed by atoms with Crippen LogP contribution >= 0.6 is 0 Å². The molecule has 6 nitrogen and oxygen atoms in total. The number of esters is 1. The molecule has 0 fully saturated rings. The Labute approximate surface area is 206 Å². The molecule has 0 saturated carbocycles. The minimum atomic E-state index is -0.228. The van der Waals surface area contributed by atoms with Crippen LogP contribution < -0.4 is 4.74 Å². The van der Waals surface area contributed by atoms with Gasteiger partial charge in [0, 0.05) is 23.2 Å². The summed E-state index contributed by atoms with van der Waals surface area (Å²) in [5.41, 5.74) is 6.19. The molecule has 1 atom stereocenters. The van der Waals surface area contributed by atoms with Gasteiger partial charge in [0.05, 0.1) is 13.0 Å². The highest BCUT2D eigenvalue weighted by Crippen LogP contribution is 2.27. The predicted octanol–water partition coefficient (Wildman–Crippen LogP) is 6.32. The van der Waals surface area contributed by atoms with Gasteiger partial charge in [0.25, 0.3) is 0 Å². The highest BCUT2D eigenvalue weighted by molar-refractivity contribution is 5.71. The van der Waals surface area contributed by atoms with Crippen molar-refractivity contribution in [2.24, 2.45) is 0 Å². The lowest BCUT2D eigenvalue weighted by Crippen LogP contribution is -2.09. The molecule has 0 spiro atoms. The van der Waals surface area contributed by atoms with Gasteiger partial charge < -0.3 is 9.47 Å². The van der Waals surface area contributed by atoms with Crippen LogP contribution in [-0.2, 0) is 16.1 Å². The van der Waals surface area contributed by atoms with E-state index in [1.807, 2.05) is 30.5 Å². The molecule has 0 amide bonds. The van der Waals surface area contributed by atoms with Gasteiger partial charge >= 0.3 is 5.97 Å². The van der Waals surface area contributed by atoms with Crippen LogP contribution in [0.15, 0.2) is 79.8 Å². The summed E-state index contributed by atoms with van der Waals surface area (Å²) in [5, 5.41) is 4.35. The lowest BCUT2D eigenvalue weighted by molar-refractivity contribution is -0.143. The summed E-state index contributed by atoms with van der Waals surface area (Å²) in [6, 6.07) is 18.5. The molecule has 2 aromatic carbocycles. The second kappa shape index (κ2) is 11.0. The molecular weight excluding hydrogens is 438 g/mol. The van der Waals surface area contributed by atoms with Crippen molar-refractivity contribution in [3.05, 3.63) is 96.5 Å². The number of fused-ring (bicyclic) bond motifs is 1. The van der Waals surface area contributed by atoms with Crippen LogP contribution in [-0.4, -0.2) is 27.2 Å². The number of aromatic nitrogens is 3. The molecule has 0 saturated heterocycles. The zero-order valence-electron chi connectivity index (χ0n) is 20.5. The van der Waals surface area contributed by atoms with Gasteiger partial charge in [-0.3, -0.25) is 4.79 Å². The lowest BCUT2D eigenvalue weighted by Gasteiger charge is -2.14. The maximum Gasteiger partial charge on any atom is 0.306 e. The zero-order valence-corrected chi connectivity index (χ0v) is 20.5. The molecule has 2 aromatic heterocycles. The van der Waals surface area contributed by atoms with Crippen molar-refractivity contribution < 1.29 is 14.3 Å². The molecule has 4 rings (SSSR count). The van der Waals surface area contributed by atoms with E-state index in [1.165, 1.54) is 5.56 Å². The average molecular weight is 470 g/mol. The largest absolute Gasteiger partial charge is 0.489 e. The number of allylic oxidation sites excluding steroid dienone is 1. The standard InChI is InChI=1S/C29H31N3O3/c1-5-21(16-28(33)34-6-2)23-11-13-27(14-12-23)35-18-26-15-25(17-32-29(26)30-19-31-32)24-9-7-22(8-10-24)20(3)4/h5,7-15,17,19-21H,1,6,16,18H2,2-4H3/t21-/m0/s1. The Morgan fingerprint density at radius 1 is 1.06 bits per heavy atom. The van der Waals surface area contributed by atoms with E-state index < -0.39 is 0 Å². The SMILES string of the molecule is C=C[C@@H](CC(=O)OCC)c1ccc(OCc2cc(-c3ccc(C(C)C)cc3)cn3ncnc23)cc1. The summed E-state index contributed by atoms with van der Waals surface area (Å²) < 4.78 is 13.0. The van der Waals surface area contributed by atoms with E-state index in [2.05, 4.69) is 60.8 Å². The smallest absolute Gasteiger partial charge is 0.306 e. The Morgan fingerprint density at radius 3 is 2.43 bits per heavy atom. The Morgan fingerprint density at radius 2 is 1.77 bits per heavy atom. The van der Waals surface area contributed by atoms with E-state index in [4.69, 9.17) is 9.47 Å². The number of pyridine rings is 1. The topological polar surface area (TPSA) is 65.7 Å². The number of carbonyl (C=O) groups excluding carboxylic acids is 1. The summed E-state index contributed by atoms with van der Waals surface area (Å²) in [6.07, 6.45) is 5.59. The summed E-state index contributed by atoms with van der Waals surface area (Å²) in [5.74, 6) is 0.896. The van der Waals surface area contributed by atoms with Crippen molar-refractivity contribution in [3.8, 4) is 16.9 Å². The van der Waals surface area contributed by atoms with Crippen LogP contribution in [0.5, 0.6) is 5.75 Å². The van der Waals surface area contributed by atoms with Crippen LogP contribution in [0.3, 0.4) is 0 Å². The van der Waals surface area contributed by atoms with Crippen molar-refractivity contribution >= 4 is 11.6 Å². The lowest BCUT2D eigenvalue weighted by atomic mass is 9.96. The minimum absolute atomic E-state index is 0.0996. The van der Waals surface area contributed by atoms with Gasteiger partial charge in [-0.05, 0) is 47.7 Å². The Hall–Kier alpha value is -3.93. The van der Waals surface area contributed by atoms with E-state index in [0.717, 1.165) is 33.7 Å². The van der Waals surface area contributed by atoms with Gasteiger partial charge in [-0.1, -0.05) is 56.3 Å². The fourth-order valence-corrected chi connectivity index (χ4v) is 4.03. The van der Waals surface area contributed by atoms with Crippen LogP contribution in [0.25, 0.3) is 16.8 Å². The minimum Gasteiger partial charge on any atom is -0.489 e. The molecular formula is C29H31N3O3. The Bertz CT molecular complexity index is 1290. The number of nitrogens with zero attached hydrogens (tertiary/aromatic N) is 3. The molecule has 0 radical (unpaired) electrons. The first-order chi connectivity index (χ1) is 17.0. The van der Waals surface area contributed by atoms with Gasteiger partial charge in [0.1, 0.15) is 18.7 Å². The molecule has 4 aromatic rings. The third kappa shape index (κ3) is 5.77. The third-order valence-corrected chi connectivity index (χ3v) is 6.04. The molecule has 0 bridgehead atoms. The number of hydrogen-bond acceptors (Lipinski definition) is 5. The van der Waals surface area contributed by atoms with Gasteiger partial charge in [-0.25, -0.2) is 9.50 Å². The average Bonchev–Trinajstić information content (AvgIpc) is 3.35. The highest BCUT2D eigenvalue weighted by Gasteiger charge is 2.14. The van der Waals surface area contributed by atoms with E-state index in [1.54, 1.807) is 23.8 Å². The van der Waals surface area contributed by atoms with Crippen molar-refractivity contribution in [3.63, 3.8) is 0 Å². The molecule has 2 heterocycles. The van der Waals surface area contributed by atoms with Crippen LogP contribution in [0.2, 0.25) is 0 Å². The molecule has 180 valence electrons.